The summed E-state index contributed by atoms with van der Waals surface area (Å²) in [6.07, 6.45) is 3.20. The van der Waals surface area contributed by atoms with Gasteiger partial charge in [0, 0.05) is 11.7 Å². The Balaban J connectivity index is 0.000000157. The van der Waals surface area contributed by atoms with E-state index in [-0.39, 0.29) is 0 Å². The molecule has 1 aromatic heterocycles. The Bertz CT molecular complexity index is 454. The lowest BCUT2D eigenvalue weighted by atomic mass is 10.3. The minimum Gasteiger partial charge on any atom is -0.361 e. The van der Waals surface area contributed by atoms with Crippen LogP contribution in [0.15, 0.2) is 72.9 Å². The van der Waals surface area contributed by atoms with E-state index in [1.807, 2.05) is 54.7 Å². The Labute approximate surface area is 109 Å². The molecule has 0 unspecified atom stereocenters. The lowest BCUT2D eigenvalue weighted by Gasteiger charge is -1.83. The molecular weight excluding hydrogens is 218 g/mol. The molecule has 1 heterocycles. The lowest BCUT2D eigenvalue weighted by molar-refractivity contribution is 1.09. The lowest BCUT2D eigenvalue weighted by Crippen LogP contribution is -1.61. The molecule has 0 aliphatic heterocycles. The normalized spacial score (nSPS) is 8.78. The third-order valence-corrected chi connectivity index (χ3v) is 2.13. The number of hydrogen-bond donors (Lipinski definition) is 1. The number of hydrogen-bond acceptors (Lipinski definition) is 0. The molecule has 0 aliphatic rings. The highest BCUT2D eigenvalue weighted by Gasteiger charge is 1.86. The van der Waals surface area contributed by atoms with Gasteiger partial charge in [0.05, 0.1) is 0 Å². The molecule has 0 aliphatic carbocycles. The maximum Gasteiger partial charge on any atom is 0.0453 e. The third kappa shape index (κ3) is 5.35. The summed E-state index contributed by atoms with van der Waals surface area (Å²) in [5, 5.41) is 1.28. The molecule has 0 fully saturated rings. The topological polar surface area (TPSA) is 15.8 Å². The van der Waals surface area contributed by atoms with Crippen LogP contribution in [0.5, 0.6) is 0 Å². The fraction of sp³-hybridized carbons (Fsp3) is 0.176. The smallest absolute Gasteiger partial charge is 0.0453 e. The maximum atomic E-state index is 3.12. The van der Waals surface area contributed by atoms with Crippen molar-refractivity contribution in [3.8, 4) is 0 Å². The van der Waals surface area contributed by atoms with Crippen LogP contribution in [0.4, 0.5) is 0 Å². The highest BCUT2D eigenvalue weighted by molar-refractivity contribution is 5.78. The molecule has 18 heavy (non-hydrogen) atoms. The Morgan fingerprint density at radius 1 is 0.722 bits per heavy atom. The molecular formula is C17H21N. The van der Waals surface area contributed by atoms with Crippen molar-refractivity contribution in [2.45, 2.75) is 20.3 Å². The maximum absolute atomic E-state index is 3.12. The molecule has 0 amide bonds. The second kappa shape index (κ2) is 9.06. The Kier molecular flexibility index (Phi) is 7.07. The first-order valence-electron chi connectivity index (χ1n) is 6.40. The number of aromatic nitrogens is 1. The first kappa shape index (κ1) is 14.0. The van der Waals surface area contributed by atoms with Crippen molar-refractivity contribution in [2.24, 2.45) is 0 Å². The molecule has 0 spiro atoms. The number of fused-ring (bicyclic) bond motifs is 1. The highest BCUT2D eigenvalue weighted by atomic mass is 14.6. The summed E-state index contributed by atoms with van der Waals surface area (Å²) in [6, 6.07) is 22.3. The van der Waals surface area contributed by atoms with Gasteiger partial charge in [-0.05, 0) is 17.5 Å². The number of para-hydroxylation sites is 1. The molecule has 94 valence electrons. The third-order valence-electron chi connectivity index (χ3n) is 2.13. The van der Waals surface area contributed by atoms with E-state index in [0.717, 1.165) is 0 Å². The summed E-state index contributed by atoms with van der Waals surface area (Å²) in [5.41, 5.74) is 1.21. The van der Waals surface area contributed by atoms with Crippen molar-refractivity contribution in [3.63, 3.8) is 0 Å². The summed E-state index contributed by atoms with van der Waals surface area (Å²) >= 11 is 0. The van der Waals surface area contributed by atoms with Crippen LogP contribution in [0.1, 0.15) is 20.3 Å². The van der Waals surface area contributed by atoms with Crippen molar-refractivity contribution < 1.29 is 0 Å². The van der Waals surface area contributed by atoms with E-state index in [1.165, 1.54) is 17.3 Å². The molecule has 0 saturated heterocycles. The summed E-state index contributed by atoms with van der Waals surface area (Å²) in [6.45, 7) is 4.25. The Morgan fingerprint density at radius 2 is 1.22 bits per heavy atom. The zero-order valence-corrected chi connectivity index (χ0v) is 11.1. The number of H-pyrrole nitrogens is 1. The van der Waals surface area contributed by atoms with Gasteiger partial charge in [0.2, 0.25) is 0 Å². The second-order valence-corrected chi connectivity index (χ2v) is 3.93. The van der Waals surface area contributed by atoms with E-state index in [0.29, 0.717) is 0 Å². The monoisotopic (exact) mass is 239 g/mol. The number of aromatic amines is 1. The highest BCUT2D eigenvalue weighted by Crippen LogP contribution is 2.09. The van der Waals surface area contributed by atoms with Gasteiger partial charge in [0.1, 0.15) is 0 Å². The number of rotatable bonds is 0. The van der Waals surface area contributed by atoms with Gasteiger partial charge in [-0.3, -0.25) is 0 Å². The average Bonchev–Trinajstić information content (AvgIpc) is 2.91. The van der Waals surface area contributed by atoms with Crippen molar-refractivity contribution in [2.75, 3.05) is 0 Å². The summed E-state index contributed by atoms with van der Waals surface area (Å²) in [7, 11) is 0. The van der Waals surface area contributed by atoms with E-state index in [4.69, 9.17) is 0 Å². The van der Waals surface area contributed by atoms with Gasteiger partial charge in [-0.25, -0.2) is 0 Å². The van der Waals surface area contributed by atoms with E-state index >= 15 is 0 Å². The van der Waals surface area contributed by atoms with Crippen molar-refractivity contribution >= 4 is 10.9 Å². The first-order chi connectivity index (χ1) is 8.88. The van der Waals surface area contributed by atoms with Crippen molar-refractivity contribution in [1.29, 1.82) is 0 Å². The summed E-state index contributed by atoms with van der Waals surface area (Å²) in [4.78, 5) is 3.12. The number of nitrogens with one attached hydrogen (secondary N) is 1. The van der Waals surface area contributed by atoms with E-state index in [2.05, 4.69) is 37.0 Å². The van der Waals surface area contributed by atoms with Gasteiger partial charge in [-0.2, -0.15) is 0 Å². The van der Waals surface area contributed by atoms with Crippen LogP contribution < -0.4 is 0 Å². The zero-order valence-electron chi connectivity index (χ0n) is 11.1. The molecule has 1 heteroatoms. The fourth-order valence-electron chi connectivity index (χ4n) is 1.38. The van der Waals surface area contributed by atoms with Crippen LogP contribution in [0.2, 0.25) is 0 Å². The van der Waals surface area contributed by atoms with Crippen LogP contribution in [0.3, 0.4) is 0 Å². The van der Waals surface area contributed by atoms with E-state index in [9.17, 15) is 0 Å². The quantitative estimate of drug-likeness (QED) is 0.550. The standard InChI is InChI=1S/C8H7N.C6H6.C3H8/c1-2-4-8-7(3-1)5-6-9-8;1-2-4-6-5-3-1;1-3-2/h1-6,9H;1-6H;3H2,1-2H3. The van der Waals surface area contributed by atoms with Gasteiger partial charge in [0.25, 0.3) is 0 Å². The van der Waals surface area contributed by atoms with Crippen LogP contribution in [0, 0.1) is 0 Å². The Morgan fingerprint density at radius 3 is 1.72 bits per heavy atom. The molecule has 3 rings (SSSR count). The summed E-state index contributed by atoms with van der Waals surface area (Å²) in [5.74, 6) is 0. The SMILES string of the molecule is CCC.c1ccc2[nH]ccc2c1.c1ccccc1. The molecule has 1 N–H and O–H groups in total. The Hall–Kier alpha value is -2.02. The van der Waals surface area contributed by atoms with Crippen LogP contribution >= 0.6 is 0 Å². The van der Waals surface area contributed by atoms with Gasteiger partial charge >= 0.3 is 0 Å². The molecule has 0 radical (unpaired) electrons. The molecule has 0 saturated carbocycles. The first-order valence-corrected chi connectivity index (χ1v) is 6.40. The predicted molar refractivity (Wildman–Crippen MR) is 80.7 cm³/mol. The average molecular weight is 239 g/mol. The van der Waals surface area contributed by atoms with Crippen LogP contribution in [0.25, 0.3) is 10.9 Å². The van der Waals surface area contributed by atoms with Crippen molar-refractivity contribution in [3.05, 3.63) is 72.9 Å². The van der Waals surface area contributed by atoms with Crippen LogP contribution in [-0.2, 0) is 0 Å². The van der Waals surface area contributed by atoms with Crippen molar-refractivity contribution in [1.82, 2.24) is 4.98 Å². The fourth-order valence-corrected chi connectivity index (χ4v) is 1.38. The second-order valence-electron chi connectivity index (χ2n) is 3.93. The molecule has 1 nitrogen and oxygen atoms in total. The zero-order chi connectivity index (χ0) is 13.1. The van der Waals surface area contributed by atoms with Gasteiger partial charge in [-0.1, -0.05) is 74.9 Å². The van der Waals surface area contributed by atoms with Gasteiger partial charge < -0.3 is 4.98 Å². The molecule has 2 aromatic carbocycles. The largest absolute Gasteiger partial charge is 0.361 e. The van der Waals surface area contributed by atoms with Gasteiger partial charge in [-0.15, -0.1) is 0 Å². The predicted octanol–water partition coefficient (Wildman–Crippen LogP) is 5.27. The van der Waals surface area contributed by atoms with E-state index < -0.39 is 0 Å². The molecule has 3 aromatic rings. The molecule has 0 bridgehead atoms. The van der Waals surface area contributed by atoms with Crippen LogP contribution in [-0.4, -0.2) is 4.98 Å². The number of benzene rings is 2. The van der Waals surface area contributed by atoms with E-state index in [1.54, 1.807) is 0 Å². The minimum absolute atomic E-state index is 1.21. The minimum atomic E-state index is 1.21. The molecule has 0 atom stereocenters. The van der Waals surface area contributed by atoms with Gasteiger partial charge in [0.15, 0.2) is 0 Å². The summed E-state index contributed by atoms with van der Waals surface area (Å²) < 4.78 is 0.